The van der Waals surface area contributed by atoms with Crippen molar-refractivity contribution in [3.63, 3.8) is 0 Å². The third-order valence-electron chi connectivity index (χ3n) is 1.64. The third kappa shape index (κ3) is 7.94. The van der Waals surface area contributed by atoms with Crippen molar-refractivity contribution in [3.8, 4) is 0 Å². The molecule has 0 saturated heterocycles. The molecular weight excluding hydrogens is 265 g/mol. The minimum Gasteiger partial charge on any atom is -0.480 e. The molecule has 0 aromatic heterocycles. The summed E-state index contributed by atoms with van der Waals surface area (Å²) in [4.78, 5) is 10.6. The third-order valence-corrected chi connectivity index (χ3v) is 2.75. The Morgan fingerprint density at radius 1 is 1.41 bits per heavy atom. The van der Waals surface area contributed by atoms with Crippen molar-refractivity contribution >= 4 is 16.2 Å². The molecule has 102 valence electrons. The molecule has 10 heteroatoms. The zero-order valence-corrected chi connectivity index (χ0v) is 9.73. The van der Waals surface area contributed by atoms with E-state index in [0.29, 0.717) is 6.42 Å². The van der Waals surface area contributed by atoms with Crippen LogP contribution in [-0.2, 0) is 15.0 Å². The van der Waals surface area contributed by atoms with Crippen LogP contribution in [0.1, 0.15) is 19.8 Å². The highest BCUT2D eigenvalue weighted by Gasteiger charge is 2.31. The van der Waals surface area contributed by atoms with Gasteiger partial charge in [-0.25, -0.2) is 0 Å². The van der Waals surface area contributed by atoms with Crippen molar-refractivity contribution in [1.82, 2.24) is 9.44 Å². The van der Waals surface area contributed by atoms with E-state index in [1.54, 1.807) is 11.6 Å². The van der Waals surface area contributed by atoms with E-state index in [1.807, 2.05) is 0 Å². The molecule has 0 aromatic carbocycles. The van der Waals surface area contributed by atoms with Gasteiger partial charge in [0.1, 0.15) is 12.6 Å². The molecular formula is C7H13F3N2O4S. The number of halogens is 3. The molecule has 0 aliphatic rings. The summed E-state index contributed by atoms with van der Waals surface area (Å²) in [5.74, 6) is -1.44. The molecule has 0 saturated carbocycles. The maximum atomic E-state index is 11.8. The molecule has 0 aromatic rings. The second kappa shape index (κ2) is 6.17. The van der Waals surface area contributed by atoms with Crippen LogP contribution >= 0.6 is 0 Å². The minimum atomic E-state index is -4.70. The maximum Gasteiger partial charge on any atom is 0.402 e. The summed E-state index contributed by atoms with van der Waals surface area (Å²) in [5, 5.41) is 8.62. The Kier molecular flexibility index (Phi) is 5.85. The summed E-state index contributed by atoms with van der Waals surface area (Å²) < 4.78 is 60.3. The van der Waals surface area contributed by atoms with Crippen LogP contribution in [0.15, 0.2) is 0 Å². The van der Waals surface area contributed by atoms with Crippen molar-refractivity contribution < 1.29 is 31.5 Å². The average molecular weight is 278 g/mol. The summed E-state index contributed by atoms with van der Waals surface area (Å²) >= 11 is 0. The monoisotopic (exact) mass is 278 g/mol. The van der Waals surface area contributed by atoms with E-state index in [9.17, 15) is 26.4 Å². The van der Waals surface area contributed by atoms with Crippen LogP contribution in [0.3, 0.4) is 0 Å². The number of alkyl halides is 3. The van der Waals surface area contributed by atoms with Crippen LogP contribution in [0.5, 0.6) is 0 Å². The van der Waals surface area contributed by atoms with Gasteiger partial charge >= 0.3 is 12.1 Å². The van der Waals surface area contributed by atoms with Crippen molar-refractivity contribution in [2.24, 2.45) is 0 Å². The lowest BCUT2D eigenvalue weighted by Gasteiger charge is -2.15. The number of hydrogen-bond acceptors (Lipinski definition) is 3. The second-order valence-electron chi connectivity index (χ2n) is 3.24. The predicted octanol–water partition coefficient (Wildman–Crippen LogP) is 0.226. The number of carboxylic acid groups (broad SMARTS) is 1. The van der Waals surface area contributed by atoms with E-state index in [4.69, 9.17) is 5.11 Å². The topological polar surface area (TPSA) is 95.5 Å². The fraction of sp³-hybridized carbons (Fsp3) is 0.857. The Morgan fingerprint density at radius 2 is 1.94 bits per heavy atom. The molecule has 0 heterocycles. The van der Waals surface area contributed by atoms with Gasteiger partial charge in [0, 0.05) is 0 Å². The van der Waals surface area contributed by atoms with Crippen LogP contribution in [0.4, 0.5) is 13.2 Å². The molecule has 0 spiro atoms. The molecule has 0 aliphatic carbocycles. The molecule has 6 nitrogen and oxygen atoms in total. The van der Waals surface area contributed by atoms with Gasteiger partial charge in [-0.1, -0.05) is 13.3 Å². The van der Waals surface area contributed by atoms with Crippen molar-refractivity contribution in [3.05, 3.63) is 0 Å². The molecule has 17 heavy (non-hydrogen) atoms. The quantitative estimate of drug-likeness (QED) is 0.621. The van der Waals surface area contributed by atoms with Crippen LogP contribution in [0.25, 0.3) is 0 Å². The van der Waals surface area contributed by atoms with Gasteiger partial charge in [0.25, 0.3) is 10.2 Å². The van der Waals surface area contributed by atoms with Gasteiger partial charge in [-0.2, -0.15) is 31.0 Å². The number of aliphatic carboxylic acids is 1. The van der Waals surface area contributed by atoms with Gasteiger partial charge in [0.15, 0.2) is 0 Å². The van der Waals surface area contributed by atoms with E-state index in [0.717, 1.165) is 0 Å². The lowest BCUT2D eigenvalue weighted by Crippen LogP contribution is -2.48. The first kappa shape index (κ1) is 16.1. The lowest BCUT2D eigenvalue weighted by atomic mass is 10.2. The SMILES string of the molecule is CCC[C@H](NS(=O)(=O)NCC(F)(F)F)C(=O)O. The Bertz CT molecular complexity index is 355. The molecule has 3 N–H and O–H groups in total. The predicted molar refractivity (Wildman–Crippen MR) is 52.4 cm³/mol. The van der Waals surface area contributed by atoms with Crippen molar-refractivity contribution in [1.29, 1.82) is 0 Å². The van der Waals surface area contributed by atoms with Gasteiger partial charge in [-0.05, 0) is 6.42 Å². The van der Waals surface area contributed by atoms with Gasteiger partial charge in [0.05, 0.1) is 0 Å². The summed E-state index contributed by atoms with van der Waals surface area (Å²) in [6.07, 6.45) is -4.33. The molecule has 0 unspecified atom stereocenters. The van der Waals surface area contributed by atoms with Crippen LogP contribution < -0.4 is 9.44 Å². The lowest BCUT2D eigenvalue weighted by molar-refractivity contribution is -0.139. The summed E-state index contributed by atoms with van der Waals surface area (Å²) in [6.45, 7) is -0.131. The highest BCUT2D eigenvalue weighted by atomic mass is 32.2. The molecule has 0 amide bonds. The summed E-state index contributed by atoms with van der Waals surface area (Å²) in [6, 6.07) is -1.44. The highest BCUT2D eigenvalue weighted by molar-refractivity contribution is 7.87. The number of rotatable bonds is 7. The maximum absolute atomic E-state index is 11.8. The zero-order chi connectivity index (χ0) is 13.7. The van der Waals surface area contributed by atoms with Crippen molar-refractivity contribution in [2.75, 3.05) is 6.54 Å². The van der Waals surface area contributed by atoms with Gasteiger partial charge in [-0.3, -0.25) is 4.79 Å². The number of nitrogens with one attached hydrogen (secondary N) is 2. The van der Waals surface area contributed by atoms with E-state index >= 15 is 0 Å². The Balaban J connectivity index is 4.46. The molecule has 0 aliphatic heterocycles. The Morgan fingerprint density at radius 3 is 2.29 bits per heavy atom. The van der Waals surface area contributed by atoms with E-state index in [-0.39, 0.29) is 6.42 Å². The van der Waals surface area contributed by atoms with Gasteiger partial charge in [0.2, 0.25) is 0 Å². The molecule has 1 atom stereocenters. The Labute approximate surface area is 96.4 Å². The molecule has 0 radical (unpaired) electrons. The largest absolute Gasteiger partial charge is 0.480 e. The highest BCUT2D eigenvalue weighted by Crippen LogP contribution is 2.12. The van der Waals surface area contributed by atoms with Crippen LogP contribution in [-0.4, -0.2) is 38.3 Å². The average Bonchev–Trinajstić information content (AvgIpc) is 2.13. The zero-order valence-electron chi connectivity index (χ0n) is 8.91. The molecule has 0 bridgehead atoms. The van der Waals surface area contributed by atoms with Gasteiger partial charge < -0.3 is 5.11 Å². The number of carbonyl (C=O) groups is 1. The van der Waals surface area contributed by atoms with Gasteiger partial charge in [-0.15, -0.1) is 0 Å². The fourth-order valence-electron chi connectivity index (χ4n) is 0.927. The number of carboxylic acids is 1. The second-order valence-corrected chi connectivity index (χ2v) is 4.77. The van der Waals surface area contributed by atoms with Crippen molar-refractivity contribution in [2.45, 2.75) is 32.0 Å². The summed E-state index contributed by atoms with van der Waals surface area (Å²) in [7, 11) is -4.48. The first-order valence-electron chi connectivity index (χ1n) is 4.64. The van der Waals surface area contributed by atoms with E-state index in [2.05, 4.69) is 0 Å². The Hall–Kier alpha value is -0.870. The molecule has 0 rings (SSSR count). The molecule has 0 fully saturated rings. The van der Waals surface area contributed by atoms with Crippen LogP contribution in [0.2, 0.25) is 0 Å². The number of hydrogen-bond donors (Lipinski definition) is 3. The fourth-order valence-corrected chi connectivity index (χ4v) is 1.96. The smallest absolute Gasteiger partial charge is 0.402 e. The normalized spacial score (nSPS) is 14.6. The summed E-state index contributed by atoms with van der Waals surface area (Å²) in [5.41, 5.74) is 0. The minimum absolute atomic E-state index is 0.0116. The van der Waals surface area contributed by atoms with E-state index in [1.165, 1.54) is 4.72 Å². The van der Waals surface area contributed by atoms with E-state index < -0.39 is 34.9 Å². The first-order valence-corrected chi connectivity index (χ1v) is 6.12. The van der Waals surface area contributed by atoms with Crippen LogP contribution in [0, 0.1) is 0 Å². The standard InChI is InChI=1S/C7H13F3N2O4S/c1-2-3-5(6(13)14)12-17(15,16)11-4-7(8,9)10/h5,11-12H,2-4H2,1H3,(H,13,14)/t5-/m0/s1. The first-order chi connectivity index (χ1) is 7.57.